The summed E-state index contributed by atoms with van der Waals surface area (Å²) in [5.74, 6) is -1.93. The van der Waals surface area contributed by atoms with Gasteiger partial charge in [0.05, 0.1) is 18.8 Å². The fraction of sp³-hybridized carbons (Fsp3) is 0.643. The lowest BCUT2D eigenvalue weighted by atomic mass is 9.91. The Morgan fingerprint density at radius 1 is 1.42 bits per heavy atom. The van der Waals surface area contributed by atoms with E-state index >= 15 is 0 Å². The van der Waals surface area contributed by atoms with Crippen molar-refractivity contribution in [1.82, 2.24) is 9.88 Å². The van der Waals surface area contributed by atoms with Gasteiger partial charge in [-0.1, -0.05) is 6.42 Å². The highest BCUT2D eigenvalue weighted by Gasteiger charge is 2.48. The Morgan fingerprint density at radius 2 is 2.26 bits per heavy atom. The van der Waals surface area contributed by atoms with Crippen LogP contribution in [0.15, 0.2) is 24.5 Å². The summed E-state index contributed by atoms with van der Waals surface area (Å²) in [6.45, 7) is 0.205. The molecule has 1 atom stereocenters. The molecule has 0 radical (unpaired) electrons. The normalized spacial score (nSPS) is 27.2. The third-order valence-electron chi connectivity index (χ3n) is 4.04. The SMILES string of the molecule is FC1(F)C[C@@H](COc2cccnc2)N(C2CCC2)C1. The van der Waals surface area contributed by atoms with Gasteiger partial charge in [0.25, 0.3) is 5.92 Å². The molecule has 2 heterocycles. The second-order valence-corrected chi connectivity index (χ2v) is 5.47. The van der Waals surface area contributed by atoms with Gasteiger partial charge in [0.1, 0.15) is 12.4 Å². The van der Waals surface area contributed by atoms with E-state index in [0.29, 0.717) is 18.4 Å². The van der Waals surface area contributed by atoms with Crippen LogP contribution in [-0.2, 0) is 0 Å². The maximum Gasteiger partial charge on any atom is 0.262 e. The van der Waals surface area contributed by atoms with Crippen LogP contribution >= 0.6 is 0 Å². The number of nitrogens with zero attached hydrogens (tertiary/aromatic N) is 2. The van der Waals surface area contributed by atoms with Crippen molar-refractivity contribution in [3.05, 3.63) is 24.5 Å². The standard InChI is InChI=1S/C14H18F2N2O/c15-14(16)7-12(18(10-14)11-3-1-4-11)9-19-13-5-2-6-17-8-13/h2,5-6,8,11-12H,1,3-4,7,9-10H2/t12-/m0/s1. The van der Waals surface area contributed by atoms with E-state index in [-0.39, 0.29) is 19.0 Å². The molecule has 2 aliphatic rings. The van der Waals surface area contributed by atoms with E-state index in [0.717, 1.165) is 19.3 Å². The van der Waals surface area contributed by atoms with Crippen LogP contribution < -0.4 is 4.74 Å². The van der Waals surface area contributed by atoms with Gasteiger partial charge in [0, 0.05) is 18.7 Å². The third-order valence-corrected chi connectivity index (χ3v) is 4.04. The Kier molecular flexibility index (Phi) is 3.39. The first kappa shape index (κ1) is 12.8. The molecule has 0 amide bonds. The van der Waals surface area contributed by atoms with Crippen molar-refractivity contribution >= 4 is 0 Å². The molecule has 2 fully saturated rings. The second-order valence-electron chi connectivity index (χ2n) is 5.47. The molecule has 19 heavy (non-hydrogen) atoms. The molecule has 1 saturated heterocycles. The van der Waals surface area contributed by atoms with E-state index < -0.39 is 5.92 Å². The fourth-order valence-electron chi connectivity index (χ4n) is 2.85. The molecule has 5 heteroatoms. The molecule has 3 rings (SSSR count). The Hall–Kier alpha value is -1.23. The molecule has 1 aromatic heterocycles. The summed E-state index contributed by atoms with van der Waals surface area (Å²) in [5.41, 5.74) is 0. The topological polar surface area (TPSA) is 25.4 Å². The van der Waals surface area contributed by atoms with Crippen molar-refractivity contribution < 1.29 is 13.5 Å². The number of hydrogen-bond acceptors (Lipinski definition) is 3. The molecule has 0 aromatic carbocycles. The maximum absolute atomic E-state index is 13.6. The smallest absolute Gasteiger partial charge is 0.262 e. The minimum atomic E-state index is -2.57. The van der Waals surface area contributed by atoms with E-state index in [4.69, 9.17) is 4.74 Å². The largest absolute Gasteiger partial charge is 0.490 e. The van der Waals surface area contributed by atoms with E-state index in [9.17, 15) is 8.78 Å². The summed E-state index contributed by atoms with van der Waals surface area (Å²) in [5, 5.41) is 0. The summed E-state index contributed by atoms with van der Waals surface area (Å²) in [7, 11) is 0. The van der Waals surface area contributed by atoms with Gasteiger partial charge in [-0.3, -0.25) is 9.88 Å². The van der Waals surface area contributed by atoms with Crippen LogP contribution in [-0.4, -0.2) is 41.0 Å². The lowest BCUT2D eigenvalue weighted by molar-refractivity contribution is 0.00210. The second kappa shape index (κ2) is 5.04. The van der Waals surface area contributed by atoms with E-state index in [1.165, 1.54) is 0 Å². The first-order chi connectivity index (χ1) is 9.14. The highest BCUT2D eigenvalue weighted by Crippen LogP contribution is 2.38. The minimum Gasteiger partial charge on any atom is -0.490 e. The first-order valence-electron chi connectivity index (χ1n) is 6.80. The van der Waals surface area contributed by atoms with Gasteiger partial charge in [-0.2, -0.15) is 0 Å². The number of pyridine rings is 1. The van der Waals surface area contributed by atoms with E-state index in [1.54, 1.807) is 24.5 Å². The molecular weight excluding hydrogens is 250 g/mol. The highest BCUT2D eigenvalue weighted by molar-refractivity contribution is 5.15. The van der Waals surface area contributed by atoms with Crippen molar-refractivity contribution in [3.63, 3.8) is 0 Å². The van der Waals surface area contributed by atoms with Crippen LogP contribution in [0.5, 0.6) is 5.75 Å². The number of hydrogen-bond donors (Lipinski definition) is 0. The third kappa shape index (κ3) is 2.86. The molecular formula is C14H18F2N2O. The predicted molar refractivity (Wildman–Crippen MR) is 67.4 cm³/mol. The number of aromatic nitrogens is 1. The molecule has 1 saturated carbocycles. The minimum absolute atomic E-state index is 0.0935. The molecule has 0 spiro atoms. The van der Waals surface area contributed by atoms with Gasteiger partial charge in [0.2, 0.25) is 0 Å². The molecule has 0 unspecified atom stereocenters. The lowest BCUT2D eigenvalue weighted by Crippen LogP contribution is -2.45. The Bertz CT molecular complexity index is 423. The van der Waals surface area contributed by atoms with Crippen LogP contribution in [0.4, 0.5) is 8.78 Å². The molecule has 1 aromatic rings. The molecule has 0 bridgehead atoms. The van der Waals surface area contributed by atoms with Crippen LogP contribution in [0.2, 0.25) is 0 Å². The van der Waals surface area contributed by atoms with Crippen LogP contribution in [0.3, 0.4) is 0 Å². The van der Waals surface area contributed by atoms with Crippen LogP contribution in [0.1, 0.15) is 25.7 Å². The summed E-state index contributed by atoms with van der Waals surface area (Å²) >= 11 is 0. The van der Waals surface area contributed by atoms with Crippen molar-refractivity contribution in [1.29, 1.82) is 0 Å². The Balaban J connectivity index is 1.61. The van der Waals surface area contributed by atoms with Crippen LogP contribution in [0, 0.1) is 0 Å². The van der Waals surface area contributed by atoms with Crippen molar-refractivity contribution in [3.8, 4) is 5.75 Å². The zero-order valence-corrected chi connectivity index (χ0v) is 10.8. The van der Waals surface area contributed by atoms with Gasteiger partial charge in [0.15, 0.2) is 0 Å². The van der Waals surface area contributed by atoms with Gasteiger partial charge in [-0.05, 0) is 25.0 Å². The molecule has 1 aliphatic heterocycles. The summed E-state index contributed by atoms with van der Waals surface area (Å²) in [4.78, 5) is 5.90. The summed E-state index contributed by atoms with van der Waals surface area (Å²) < 4.78 is 32.8. The number of ether oxygens (including phenoxy) is 1. The molecule has 0 N–H and O–H groups in total. The average Bonchev–Trinajstić information content (AvgIpc) is 2.61. The van der Waals surface area contributed by atoms with Crippen LogP contribution in [0.25, 0.3) is 0 Å². The fourth-order valence-corrected chi connectivity index (χ4v) is 2.85. The van der Waals surface area contributed by atoms with Gasteiger partial charge in [-0.25, -0.2) is 8.78 Å². The van der Waals surface area contributed by atoms with Gasteiger partial charge < -0.3 is 4.74 Å². The van der Waals surface area contributed by atoms with Gasteiger partial charge >= 0.3 is 0 Å². The Morgan fingerprint density at radius 3 is 2.89 bits per heavy atom. The maximum atomic E-state index is 13.6. The summed E-state index contributed by atoms with van der Waals surface area (Å²) in [6.07, 6.45) is 6.42. The number of alkyl halides is 2. The van der Waals surface area contributed by atoms with Crippen molar-refractivity contribution in [2.24, 2.45) is 0 Å². The molecule has 1 aliphatic carbocycles. The quantitative estimate of drug-likeness (QED) is 0.839. The monoisotopic (exact) mass is 268 g/mol. The first-order valence-corrected chi connectivity index (χ1v) is 6.80. The lowest BCUT2D eigenvalue weighted by Gasteiger charge is -2.38. The zero-order chi connectivity index (χ0) is 13.3. The van der Waals surface area contributed by atoms with Gasteiger partial charge in [-0.15, -0.1) is 0 Å². The number of rotatable bonds is 4. The van der Waals surface area contributed by atoms with E-state index in [2.05, 4.69) is 4.98 Å². The highest BCUT2D eigenvalue weighted by atomic mass is 19.3. The van der Waals surface area contributed by atoms with Crippen molar-refractivity contribution in [2.75, 3.05) is 13.2 Å². The summed E-state index contributed by atoms with van der Waals surface area (Å²) in [6, 6.07) is 3.73. The Labute approximate surface area is 111 Å². The van der Waals surface area contributed by atoms with E-state index in [1.807, 2.05) is 4.90 Å². The molecule has 104 valence electrons. The predicted octanol–water partition coefficient (Wildman–Crippen LogP) is 2.72. The average molecular weight is 268 g/mol. The number of likely N-dealkylation sites (tertiary alicyclic amines) is 1. The zero-order valence-electron chi connectivity index (χ0n) is 10.8. The number of halogens is 2. The van der Waals surface area contributed by atoms with Crippen molar-refractivity contribution in [2.45, 2.75) is 43.7 Å². The molecule has 3 nitrogen and oxygen atoms in total.